The molecular formula is C19H18N2O4. The zero-order valence-electron chi connectivity index (χ0n) is 13.6. The summed E-state index contributed by atoms with van der Waals surface area (Å²) >= 11 is 0. The minimum atomic E-state index is -0.289. The smallest absolute Gasteiger partial charge is 0.257 e. The number of para-hydroxylation sites is 1. The van der Waals surface area contributed by atoms with E-state index >= 15 is 0 Å². The number of hydrogen-bond acceptors (Lipinski definition) is 4. The van der Waals surface area contributed by atoms with Crippen LogP contribution in [0.2, 0.25) is 0 Å². The topological polar surface area (TPSA) is 76.7 Å². The minimum absolute atomic E-state index is 0.0189. The Labute approximate surface area is 145 Å². The van der Waals surface area contributed by atoms with Gasteiger partial charge in [0.25, 0.3) is 5.91 Å². The number of fused-ring (bicyclic) bond motifs is 1. The molecule has 4 rings (SSSR count). The third kappa shape index (κ3) is 3.15. The molecule has 2 amide bonds. The zero-order valence-corrected chi connectivity index (χ0v) is 13.6. The van der Waals surface area contributed by atoms with Gasteiger partial charge in [0.15, 0.2) is 11.5 Å². The summed E-state index contributed by atoms with van der Waals surface area (Å²) < 4.78 is 10.6. The molecule has 1 saturated carbocycles. The number of amides is 2. The molecule has 0 saturated heterocycles. The molecular weight excluding hydrogens is 320 g/mol. The number of benzene rings is 2. The Bertz CT molecular complexity index is 830. The van der Waals surface area contributed by atoms with Crippen molar-refractivity contribution in [1.82, 2.24) is 0 Å². The molecule has 6 heteroatoms. The van der Waals surface area contributed by atoms with E-state index in [1.165, 1.54) is 0 Å². The Morgan fingerprint density at radius 3 is 2.56 bits per heavy atom. The highest BCUT2D eigenvalue weighted by molar-refractivity contribution is 6.10. The molecule has 0 radical (unpaired) electrons. The monoisotopic (exact) mass is 338 g/mol. The lowest BCUT2D eigenvalue weighted by molar-refractivity contribution is -0.122. The van der Waals surface area contributed by atoms with Crippen molar-refractivity contribution in [2.75, 3.05) is 17.4 Å². The molecule has 1 aliphatic heterocycles. The van der Waals surface area contributed by atoms with Crippen molar-refractivity contribution in [3.8, 4) is 11.5 Å². The van der Waals surface area contributed by atoms with Crippen LogP contribution in [-0.4, -0.2) is 18.6 Å². The summed E-state index contributed by atoms with van der Waals surface area (Å²) in [4.78, 5) is 24.8. The number of hydrogen-bond donors (Lipinski definition) is 2. The van der Waals surface area contributed by atoms with Crippen LogP contribution in [0.3, 0.4) is 0 Å². The summed E-state index contributed by atoms with van der Waals surface area (Å²) in [6, 6.07) is 12.2. The van der Waals surface area contributed by atoms with Gasteiger partial charge in [-0.05, 0) is 37.1 Å². The van der Waals surface area contributed by atoms with Crippen LogP contribution in [0, 0.1) is 5.92 Å². The van der Waals surface area contributed by atoms with E-state index < -0.39 is 0 Å². The SMILES string of the molecule is O=C(Nc1ccc2c(c1)OCO2)c1ccccc1NC(=O)C1CCC1. The molecule has 2 aliphatic rings. The average Bonchev–Trinajstić information content (AvgIpc) is 3.01. The van der Waals surface area contributed by atoms with Crippen molar-refractivity contribution in [3.63, 3.8) is 0 Å². The lowest BCUT2D eigenvalue weighted by Crippen LogP contribution is -2.29. The Balaban J connectivity index is 1.50. The van der Waals surface area contributed by atoms with Gasteiger partial charge in [-0.2, -0.15) is 0 Å². The highest BCUT2D eigenvalue weighted by Crippen LogP contribution is 2.34. The average molecular weight is 338 g/mol. The van der Waals surface area contributed by atoms with Crippen molar-refractivity contribution < 1.29 is 19.1 Å². The van der Waals surface area contributed by atoms with Gasteiger partial charge in [-0.3, -0.25) is 9.59 Å². The minimum Gasteiger partial charge on any atom is -0.454 e. The molecule has 0 bridgehead atoms. The largest absolute Gasteiger partial charge is 0.454 e. The predicted molar refractivity (Wildman–Crippen MR) is 92.9 cm³/mol. The zero-order chi connectivity index (χ0) is 17.2. The van der Waals surface area contributed by atoms with Crippen molar-refractivity contribution in [3.05, 3.63) is 48.0 Å². The second-order valence-corrected chi connectivity index (χ2v) is 6.18. The number of rotatable bonds is 4. The Morgan fingerprint density at radius 2 is 1.76 bits per heavy atom. The van der Waals surface area contributed by atoms with Crippen LogP contribution in [-0.2, 0) is 4.79 Å². The first kappa shape index (κ1) is 15.5. The number of nitrogens with one attached hydrogen (secondary N) is 2. The first-order valence-corrected chi connectivity index (χ1v) is 8.31. The Morgan fingerprint density at radius 1 is 0.960 bits per heavy atom. The van der Waals surface area contributed by atoms with Gasteiger partial charge in [0.2, 0.25) is 12.7 Å². The quantitative estimate of drug-likeness (QED) is 0.896. The molecule has 2 aromatic carbocycles. The highest BCUT2D eigenvalue weighted by atomic mass is 16.7. The molecule has 0 spiro atoms. The van der Waals surface area contributed by atoms with Crippen LogP contribution < -0.4 is 20.1 Å². The fourth-order valence-electron chi connectivity index (χ4n) is 2.87. The van der Waals surface area contributed by atoms with Gasteiger partial charge in [-0.25, -0.2) is 0 Å². The van der Waals surface area contributed by atoms with Crippen molar-refractivity contribution in [2.24, 2.45) is 5.92 Å². The van der Waals surface area contributed by atoms with E-state index in [0.717, 1.165) is 19.3 Å². The van der Waals surface area contributed by atoms with Gasteiger partial charge < -0.3 is 20.1 Å². The third-order valence-electron chi connectivity index (χ3n) is 4.54. The second-order valence-electron chi connectivity index (χ2n) is 6.18. The van der Waals surface area contributed by atoms with Crippen molar-refractivity contribution in [1.29, 1.82) is 0 Å². The summed E-state index contributed by atoms with van der Waals surface area (Å²) in [5, 5.41) is 5.71. The second kappa shape index (κ2) is 6.47. The molecule has 1 fully saturated rings. The Hall–Kier alpha value is -3.02. The maximum Gasteiger partial charge on any atom is 0.257 e. The number of anilines is 2. The van der Waals surface area contributed by atoms with Crippen molar-refractivity contribution in [2.45, 2.75) is 19.3 Å². The van der Waals surface area contributed by atoms with Gasteiger partial charge in [-0.1, -0.05) is 18.6 Å². The van der Waals surface area contributed by atoms with Crippen LogP contribution in [0.1, 0.15) is 29.6 Å². The molecule has 0 aromatic heterocycles. The molecule has 2 N–H and O–H groups in total. The summed E-state index contributed by atoms with van der Waals surface area (Å²) in [6.07, 6.45) is 2.92. The summed E-state index contributed by atoms with van der Waals surface area (Å²) in [5.74, 6) is 1.01. The summed E-state index contributed by atoms with van der Waals surface area (Å²) in [5.41, 5.74) is 1.56. The van der Waals surface area contributed by atoms with Gasteiger partial charge in [0, 0.05) is 17.7 Å². The maximum atomic E-state index is 12.6. The molecule has 0 atom stereocenters. The standard InChI is InChI=1S/C19H18N2O4/c22-18(12-4-3-5-12)21-15-7-2-1-6-14(15)19(23)20-13-8-9-16-17(10-13)25-11-24-16/h1-2,6-10,12H,3-5,11H2,(H,20,23)(H,21,22). The van der Waals surface area contributed by atoms with Gasteiger partial charge in [0.1, 0.15) is 0 Å². The molecule has 6 nitrogen and oxygen atoms in total. The number of ether oxygens (including phenoxy) is 2. The number of carbonyl (C=O) groups is 2. The molecule has 1 aliphatic carbocycles. The van der Waals surface area contributed by atoms with Crippen LogP contribution >= 0.6 is 0 Å². The molecule has 1 heterocycles. The number of carbonyl (C=O) groups excluding carboxylic acids is 2. The third-order valence-corrected chi connectivity index (χ3v) is 4.54. The van der Waals surface area contributed by atoms with Crippen LogP contribution in [0.4, 0.5) is 11.4 Å². The van der Waals surface area contributed by atoms with Crippen molar-refractivity contribution >= 4 is 23.2 Å². The van der Waals surface area contributed by atoms with Gasteiger partial charge in [0.05, 0.1) is 11.3 Å². The van der Waals surface area contributed by atoms with Gasteiger partial charge >= 0.3 is 0 Å². The van der Waals surface area contributed by atoms with E-state index in [0.29, 0.717) is 28.4 Å². The highest BCUT2D eigenvalue weighted by Gasteiger charge is 2.26. The molecule has 2 aromatic rings. The van der Waals surface area contributed by atoms with Crippen LogP contribution in [0.25, 0.3) is 0 Å². The molecule has 25 heavy (non-hydrogen) atoms. The first-order chi connectivity index (χ1) is 12.2. The fourth-order valence-corrected chi connectivity index (χ4v) is 2.87. The Kier molecular flexibility index (Phi) is 4.01. The van der Waals surface area contributed by atoms with Crippen LogP contribution in [0.5, 0.6) is 11.5 Å². The summed E-state index contributed by atoms with van der Waals surface area (Å²) in [7, 11) is 0. The van der Waals surface area contributed by atoms with Gasteiger partial charge in [-0.15, -0.1) is 0 Å². The first-order valence-electron chi connectivity index (χ1n) is 8.31. The molecule has 0 unspecified atom stereocenters. The predicted octanol–water partition coefficient (Wildman–Crippen LogP) is 3.41. The van der Waals surface area contributed by atoms with E-state index in [4.69, 9.17) is 9.47 Å². The van der Waals surface area contributed by atoms with E-state index in [9.17, 15) is 9.59 Å². The van der Waals surface area contributed by atoms with Crippen LogP contribution in [0.15, 0.2) is 42.5 Å². The molecule has 128 valence electrons. The fraction of sp³-hybridized carbons (Fsp3) is 0.263. The normalized spacial score (nSPS) is 15.4. The lowest BCUT2D eigenvalue weighted by atomic mass is 9.85. The van der Waals surface area contributed by atoms with E-state index in [-0.39, 0.29) is 24.5 Å². The van der Waals surface area contributed by atoms with E-state index in [1.54, 1.807) is 42.5 Å². The lowest BCUT2D eigenvalue weighted by Gasteiger charge is -2.24. The maximum absolute atomic E-state index is 12.6. The summed E-state index contributed by atoms with van der Waals surface area (Å²) in [6.45, 7) is 0.183. The van der Waals surface area contributed by atoms with E-state index in [1.807, 2.05) is 0 Å². The van der Waals surface area contributed by atoms with E-state index in [2.05, 4.69) is 10.6 Å².